The number of piperidine rings is 1. The van der Waals surface area contributed by atoms with Gasteiger partial charge in [0.2, 0.25) is 0 Å². The Morgan fingerprint density at radius 2 is 1.94 bits per heavy atom. The molecule has 2 atom stereocenters. The molecule has 0 aliphatic carbocycles. The van der Waals surface area contributed by atoms with Crippen molar-refractivity contribution < 1.29 is 4.79 Å². The van der Waals surface area contributed by atoms with Crippen LogP contribution < -0.4 is 5.32 Å². The fraction of sp³-hybridized carbons (Fsp3) is 0.533. The lowest BCUT2D eigenvalue weighted by Gasteiger charge is -2.52. The van der Waals surface area contributed by atoms with E-state index in [2.05, 4.69) is 25.2 Å². The molecule has 0 aromatic heterocycles. The Balaban J connectivity index is 1.69. The van der Waals surface area contributed by atoms with E-state index in [0.717, 1.165) is 5.69 Å². The second kappa shape index (κ2) is 4.30. The second-order valence-electron chi connectivity index (χ2n) is 5.61. The summed E-state index contributed by atoms with van der Waals surface area (Å²) >= 11 is 0. The number of anilines is 1. The van der Waals surface area contributed by atoms with Gasteiger partial charge < -0.3 is 10.2 Å². The Hall–Kier alpha value is -1.51. The molecule has 3 rings (SSSR count). The number of carbonyl (C=O) groups is 1. The first kappa shape index (κ1) is 11.6. The van der Waals surface area contributed by atoms with E-state index in [1.54, 1.807) is 0 Å². The van der Waals surface area contributed by atoms with Crippen molar-refractivity contribution in [3.05, 3.63) is 29.3 Å². The number of hydrogen-bond donors (Lipinski definition) is 1. The van der Waals surface area contributed by atoms with E-state index in [4.69, 9.17) is 0 Å². The number of rotatable bonds is 1. The molecule has 1 aromatic rings. The molecule has 0 radical (unpaired) electrons. The molecule has 2 unspecified atom stereocenters. The monoisotopic (exact) mass is 244 g/mol. The number of nitrogens with one attached hydrogen (secondary N) is 1. The Morgan fingerprint density at radius 1 is 1.22 bits per heavy atom. The summed E-state index contributed by atoms with van der Waals surface area (Å²) in [6.07, 6.45) is 4.84. The lowest BCUT2D eigenvalue weighted by atomic mass is 9.80. The third-order valence-electron chi connectivity index (χ3n) is 4.40. The minimum atomic E-state index is 0.0826. The molecule has 2 fully saturated rings. The van der Waals surface area contributed by atoms with Crippen LogP contribution in [-0.2, 0) is 0 Å². The fourth-order valence-electron chi connectivity index (χ4n) is 3.14. The van der Waals surface area contributed by atoms with Crippen LogP contribution in [0.3, 0.4) is 0 Å². The maximum absolute atomic E-state index is 12.2. The van der Waals surface area contributed by atoms with Crippen LogP contribution in [0.5, 0.6) is 0 Å². The molecular formula is C15H20N2O. The molecule has 2 aliphatic heterocycles. The van der Waals surface area contributed by atoms with Crippen molar-refractivity contribution in [2.75, 3.05) is 5.32 Å². The molecule has 96 valence electrons. The van der Waals surface area contributed by atoms with E-state index < -0.39 is 0 Å². The number of urea groups is 1. The van der Waals surface area contributed by atoms with Gasteiger partial charge in [-0.25, -0.2) is 4.79 Å². The van der Waals surface area contributed by atoms with Crippen LogP contribution in [0.2, 0.25) is 0 Å². The van der Waals surface area contributed by atoms with Crippen LogP contribution in [0.25, 0.3) is 0 Å². The average molecular weight is 244 g/mol. The first-order chi connectivity index (χ1) is 8.65. The van der Waals surface area contributed by atoms with Crippen LogP contribution in [0.4, 0.5) is 10.5 Å². The van der Waals surface area contributed by atoms with Gasteiger partial charge in [-0.1, -0.05) is 6.07 Å². The Kier molecular flexibility index (Phi) is 2.77. The molecule has 0 saturated carbocycles. The summed E-state index contributed by atoms with van der Waals surface area (Å²) in [5, 5.41) is 3.03. The molecule has 0 spiro atoms. The van der Waals surface area contributed by atoms with Crippen molar-refractivity contribution in [2.24, 2.45) is 0 Å². The van der Waals surface area contributed by atoms with Gasteiger partial charge in [-0.2, -0.15) is 0 Å². The van der Waals surface area contributed by atoms with Gasteiger partial charge >= 0.3 is 6.03 Å². The van der Waals surface area contributed by atoms with Crippen LogP contribution >= 0.6 is 0 Å². The first-order valence-electron chi connectivity index (χ1n) is 6.82. The SMILES string of the molecule is Cc1ccc(NC(=O)N2C3CCCC2C3)cc1C. The molecular weight excluding hydrogens is 224 g/mol. The zero-order valence-corrected chi connectivity index (χ0v) is 11.1. The smallest absolute Gasteiger partial charge is 0.318 e. The normalized spacial score (nSPS) is 25.6. The van der Waals surface area contributed by atoms with Gasteiger partial charge in [0.05, 0.1) is 0 Å². The number of hydrogen-bond acceptors (Lipinski definition) is 1. The number of aryl methyl sites for hydroxylation is 2. The van der Waals surface area contributed by atoms with Crippen LogP contribution in [0.15, 0.2) is 18.2 Å². The first-order valence-corrected chi connectivity index (χ1v) is 6.82. The highest BCUT2D eigenvalue weighted by Crippen LogP contribution is 2.38. The zero-order chi connectivity index (χ0) is 12.7. The van der Waals surface area contributed by atoms with Crippen LogP contribution in [0.1, 0.15) is 36.8 Å². The molecule has 2 amide bonds. The molecule has 2 aliphatic rings. The number of carbonyl (C=O) groups excluding carboxylic acids is 1. The van der Waals surface area contributed by atoms with E-state index >= 15 is 0 Å². The van der Waals surface area contributed by atoms with Crippen molar-refractivity contribution in [3.8, 4) is 0 Å². The highest BCUT2D eigenvalue weighted by molar-refractivity contribution is 5.90. The molecule has 1 N–H and O–H groups in total. The standard InChI is InChI=1S/C15H20N2O/c1-10-6-7-12(8-11(10)2)16-15(18)17-13-4-3-5-14(17)9-13/h6-8,13-14H,3-5,9H2,1-2H3,(H,16,18). The highest BCUT2D eigenvalue weighted by atomic mass is 16.2. The molecule has 3 heteroatoms. The van der Waals surface area contributed by atoms with Gasteiger partial charge in [-0.15, -0.1) is 0 Å². The van der Waals surface area contributed by atoms with Gasteiger partial charge in [0, 0.05) is 17.8 Å². The highest BCUT2D eigenvalue weighted by Gasteiger charge is 2.44. The van der Waals surface area contributed by atoms with Crippen LogP contribution in [-0.4, -0.2) is 23.0 Å². The Bertz CT molecular complexity index is 469. The van der Waals surface area contributed by atoms with Crippen LogP contribution in [0, 0.1) is 13.8 Å². The lowest BCUT2D eigenvalue weighted by molar-refractivity contribution is 0.0173. The largest absolute Gasteiger partial charge is 0.322 e. The molecule has 2 heterocycles. The maximum atomic E-state index is 12.2. The van der Waals surface area contributed by atoms with Crippen molar-refractivity contribution in [2.45, 2.75) is 51.6 Å². The van der Waals surface area contributed by atoms with E-state index in [0.29, 0.717) is 12.1 Å². The number of nitrogens with zero attached hydrogens (tertiary/aromatic N) is 1. The summed E-state index contributed by atoms with van der Waals surface area (Å²) in [5.41, 5.74) is 3.39. The van der Waals surface area contributed by atoms with Crippen molar-refractivity contribution >= 4 is 11.7 Å². The van der Waals surface area contributed by atoms with Crippen molar-refractivity contribution in [1.82, 2.24) is 4.90 Å². The second-order valence-corrected chi connectivity index (χ2v) is 5.61. The Labute approximate surface area is 108 Å². The van der Waals surface area contributed by atoms with Gasteiger partial charge in [-0.05, 0) is 62.8 Å². The van der Waals surface area contributed by atoms with Gasteiger partial charge in [0.25, 0.3) is 0 Å². The summed E-state index contributed by atoms with van der Waals surface area (Å²) < 4.78 is 0. The molecule has 1 aromatic carbocycles. The number of fused-ring (bicyclic) bond motifs is 2. The van der Waals surface area contributed by atoms with Crippen molar-refractivity contribution in [1.29, 1.82) is 0 Å². The third-order valence-corrected chi connectivity index (χ3v) is 4.40. The summed E-state index contributed by atoms with van der Waals surface area (Å²) in [4.78, 5) is 14.3. The number of amides is 2. The van der Waals surface area contributed by atoms with Gasteiger partial charge in [0.15, 0.2) is 0 Å². The maximum Gasteiger partial charge on any atom is 0.322 e. The summed E-state index contributed by atoms with van der Waals surface area (Å²) in [6.45, 7) is 4.16. The lowest BCUT2D eigenvalue weighted by Crippen LogP contribution is -2.62. The third kappa shape index (κ3) is 1.88. The van der Waals surface area contributed by atoms with E-state index in [9.17, 15) is 4.79 Å². The minimum Gasteiger partial charge on any atom is -0.318 e. The fourth-order valence-corrected chi connectivity index (χ4v) is 3.14. The molecule has 3 nitrogen and oxygen atoms in total. The summed E-state index contributed by atoms with van der Waals surface area (Å²) in [6, 6.07) is 7.16. The van der Waals surface area contributed by atoms with Gasteiger partial charge in [-0.3, -0.25) is 0 Å². The minimum absolute atomic E-state index is 0.0826. The van der Waals surface area contributed by atoms with Crippen molar-refractivity contribution in [3.63, 3.8) is 0 Å². The molecule has 2 saturated heterocycles. The summed E-state index contributed by atoms with van der Waals surface area (Å²) in [7, 11) is 0. The zero-order valence-electron chi connectivity index (χ0n) is 11.1. The van der Waals surface area contributed by atoms with E-state index in [1.807, 2.05) is 17.0 Å². The predicted octanol–water partition coefficient (Wildman–Crippen LogP) is 3.46. The van der Waals surface area contributed by atoms with E-state index in [-0.39, 0.29) is 6.03 Å². The quantitative estimate of drug-likeness (QED) is 0.806. The van der Waals surface area contributed by atoms with Gasteiger partial charge in [0.1, 0.15) is 0 Å². The summed E-state index contributed by atoms with van der Waals surface area (Å²) in [5.74, 6) is 0. The number of benzene rings is 1. The molecule has 18 heavy (non-hydrogen) atoms. The van der Waals surface area contributed by atoms with E-state index in [1.165, 1.54) is 36.8 Å². The predicted molar refractivity (Wildman–Crippen MR) is 72.8 cm³/mol. The topological polar surface area (TPSA) is 32.3 Å². The molecule has 2 bridgehead atoms. The average Bonchev–Trinajstić information content (AvgIpc) is 2.34. The Morgan fingerprint density at radius 3 is 2.56 bits per heavy atom.